The van der Waals surface area contributed by atoms with Crippen LogP contribution in [0.5, 0.6) is 0 Å². The van der Waals surface area contributed by atoms with E-state index in [0.717, 1.165) is 0 Å². The molecule has 0 bridgehead atoms. The summed E-state index contributed by atoms with van der Waals surface area (Å²) < 4.78 is 4.61. The lowest BCUT2D eigenvalue weighted by Crippen LogP contribution is -2.30. The predicted molar refractivity (Wildman–Crippen MR) is 79.3 cm³/mol. The Morgan fingerprint density at radius 1 is 0.955 bits per heavy atom. The summed E-state index contributed by atoms with van der Waals surface area (Å²) >= 11 is 0. The van der Waals surface area contributed by atoms with Gasteiger partial charge in [-0.2, -0.15) is 0 Å². The number of pyridine rings is 1. The van der Waals surface area contributed by atoms with Crippen LogP contribution in [0.4, 0.5) is 11.5 Å². The zero-order chi connectivity index (χ0) is 15.9. The Bertz CT molecular complexity index is 701. The number of carbonyl (C=O) groups is 3. The highest BCUT2D eigenvalue weighted by Gasteiger charge is 2.18. The van der Waals surface area contributed by atoms with Crippen LogP contribution in [0, 0.1) is 0 Å². The van der Waals surface area contributed by atoms with Gasteiger partial charge in [0.05, 0.1) is 18.4 Å². The summed E-state index contributed by atoms with van der Waals surface area (Å²) in [4.78, 5) is 39.1. The summed E-state index contributed by atoms with van der Waals surface area (Å²) in [6.45, 7) is 0. The largest absolute Gasteiger partial charge is 0.465 e. The van der Waals surface area contributed by atoms with Crippen molar-refractivity contribution >= 4 is 29.3 Å². The molecule has 1 aromatic carbocycles. The number of carbonyl (C=O) groups excluding carboxylic acids is 3. The van der Waals surface area contributed by atoms with Crippen LogP contribution in [0.2, 0.25) is 0 Å². The molecule has 1 aromatic heterocycles. The lowest BCUT2D eigenvalue weighted by Gasteiger charge is -2.09. The average Bonchev–Trinajstić information content (AvgIpc) is 2.55. The van der Waals surface area contributed by atoms with Crippen LogP contribution in [0.3, 0.4) is 0 Å². The number of para-hydroxylation sites is 1. The lowest BCUT2D eigenvalue weighted by atomic mass is 10.2. The number of anilines is 2. The maximum absolute atomic E-state index is 11.9. The van der Waals surface area contributed by atoms with Gasteiger partial charge in [0.25, 0.3) is 0 Å². The lowest BCUT2D eigenvalue weighted by molar-refractivity contribution is -0.133. The summed E-state index contributed by atoms with van der Waals surface area (Å²) in [6, 6.07) is 11.1. The van der Waals surface area contributed by atoms with E-state index in [1.165, 1.54) is 25.4 Å². The molecule has 7 nitrogen and oxygen atoms in total. The van der Waals surface area contributed by atoms with Crippen molar-refractivity contribution < 1.29 is 19.1 Å². The number of aromatic nitrogens is 1. The van der Waals surface area contributed by atoms with Gasteiger partial charge in [0, 0.05) is 6.20 Å². The van der Waals surface area contributed by atoms with Gasteiger partial charge in [-0.25, -0.2) is 9.78 Å². The number of rotatable bonds is 3. The first kappa shape index (κ1) is 15.2. The van der Waals surface area contributed by atoms with Crippen LogP contribution >= 0.6 is 0 Å². The van der Waals surface area contributed by atoms with Gasteiger partial charge in [-0.1, -0.05) is 18.2 Å². The first-order valence-corrected chi connectivity index (χ1v) is 6.32. The molecule has 2 rings (SSSR count). The Morgan fingerprint density at radius 3 is 2.32 bits per heavy atom. The van der Waals surface area contributed by atoms with Crippen molar-refractivity contribution in [2.45, 2.75) is 0 Å². The van der Waals surface area contributed by atoms with Gasteiger partial charge >= 0.3 is 17.8 Å². The number of amides is 2. The molecule has 0 atom stereocenters. The van der Waals surface area contributed by atoms with Crippen molar-refractivity contribution in [2.24, 2.45) is 0 Å². The minimum Gasteiger partial charge on any atom is -0.465 e. The monoisotopic (exact) mass is 299 g/mol. The number of hydrogen-bond donors (Lipinski definition) is 2. The maximum atomic E-state index is 11.9. The predicted octanol–water partition coefficient (Wildman–Crippen LogP) is 1.45. The van der Waals surface area contributed by atoms with Crippen molar-refractivity contribution in [3.05, 3.63) is 54.2 Å². The molecule has 22 heavy (non-hydrogen) atoms. The molecule has 2 amide bonds. The molecule has 0 fully saturated rings. The van der Waals surface area contributed by atoms with Crippen molar-refractivity contribution in [3.8, 4) is 0 Å². The number of methoxy groups -OCH3 is 1. The van der Waals surface area contributed by atoms with E-state index in [1.807, 2.05) is 0 Å². The molecule has 7 heteroatoms. The molecular weight excluding hydrogens is 286 g/mol. The molecular formula is C15H13N3O4. The normalized spacial score (nSPS) is 9.68. The van der Waals surface area contributed by atoms with Gasteiger partial charge in [0.2, 0.25) is 0 Å². The van der Waals surface area contributed by atoms with Gasteiger partial charge < -0.3 is 15.4 Å². The number of benzene rings is 1. The van der Waals surface area contributed by atoms with E-state index >= 15 is 0 Å². The van der Waals surface area contributed by atoms with Crippen LogP contribution in [-0.4, -0.2) is 29.9 Å². The molecule has 0 aliphatic heterocycles. The van der Waals surface area contributed by atoms with E-state index in [2.05, 4.69) is 20.4 Å². The van der Waals surface area contributed by atoms with E-state index in [0.29, 0.717) is 0 Å². The number of hydrogen-bond acceptors (Lipinski definition) is 5. The smallest absolute Gasteiger partial charge is 0.339 e. The molecule has 112 valence electrons. The van der Waals surface area contributed by atoms with Crippen LogP contribution < -0.4 is 10.6 Å². The fourth-order valence-electron chi connectivity index (χ4n) is 1.67. The van der Waals surface area contributed by atoms with E-state index < -0.39 is 17.8 Å². The van der Waals surface area contributed by atoms with Crippen molar-refractivity contribution in [1.29, 1.82) is 0 Å². The molecule has 0 saturated carbocycles. The standard InChI is InChI=1S/C15H13N3O4/c1-22-15(21)10-6-2-3-7-11(10)17-13(19)14(20)18-12-8-4-5-9-16-12/h2-9H,1H3,(H,17,19)(H,16,18,20). The van der Waals surface area contributed by atoms with Crippen molar-refractivity contribution in [2.75, 3.05) is 17.7 Å². The van der Waals surface area contributed by atoms with E-state index in [4.69, 9.17) is 0 Å². The molecule has 2 N–H and O–H groups in total. The highest BCUT2D eigenvalue weighted by molar-refractivity contribution is 6.43. The first-order chi connectivity index (χ1) is 10.6. The van der Waals surface area contributed by atoms with Gasteiger partial charge in [-0.3, -0.25) is 9.59 Å². The highest BCUT2D eigenvalue weighted by atomic mass is 16.5. The van der Waals surface area contributed by atoms with E-state index in [-0.39, 0.29) is 17.1 Å². The summed E-state index contributed by atoms with van der Waals surface area (Å²) in [5.74, 6) is -2.16. The van der Waals surface area contributed by atoms with Gasteiger partial charge in [-0.05, 0) is 24.3 Å². The highest BCUT2D eigenvalue weighted by Crippen LogP contribution is 2.16. The van der Waals surface area contributed by atoms with E-state index in [9.17, 15) is 14.4 Å². The van der Waals surface area contributed by atoms with Crippen LogP contribution in [0.25, 0.3) is 0 Å². The second-order valence-corrected chi connectivity index (χ2v) is 4.16. The zero-order valence-corrected chi connectivity index (χ0v) is 11.7. The van der Waals surface area contributed by atoms with Gasteiger partial charge in [0.1, 0.15) is 5.82 Å². The Balaban J connectivity index is 2.09. The number of nitrogens with one attached hydrogen (secondary N) is 2. The summed E-state index contributed by atoms with van der Waals surface area (Å²) in [7, 11) is 1.23. The quantitative estimate of drug-likeness (QED) is 0.660. The third-order valence-corrected chi connectivity index (χ3v) is 2.69. The Kier molecular flexibility index (Phi) is 4.81. The molecule has 2 aromatic rings. The topological polar surface area (TPSA) is 97.4 Å². The minimum absolute atomic E-state index is 0.156. The number of nitrogens with zero attached hydrogens (tertiary/aromatic N) is 1. The van der Waals surface area contributed by atoms with Crippen LogP contribution in [-0.2, 0) is 14.3 Å². The molecule has 0 unspecified atom stereocenters. The number of ether oxygens (including phenoxy) is 1. The summed E-state index contributed by atoms with van der Waals surface area (Å²) in [5.41, 5.74) is 0.347. The third-order valence-electron chi connectivity index (χ3n) is 2.69. The average molecular weight is 299 g/mol. The van der Waals surface area contributed by atoms with Crippen molar-refractivity contribution in [3.63, 3.8) is 0 Å². The van der Waals surface area contributed by atoms with Crippen molar-refractivity contribution in [1.82, 2.24) is 4.98 Å². The Hall–Kier alpha value is -3.22. The molecule has 0 aliphatic rings. The number of esters is 1. The summed E-state index contributed by atoms with van der Waals surface area (Å²) in [5, 5.41) is 4.71. The Labute approximate surface area is 126 Å². The van der Waals surface area contributed by atoms with Crippen LogP contribution in [0.15, 0.2) is 48.7 Å². The minimum atomic E-state index is -0.915. The molecule has 0 radical (unpaired) electrons. The second-order valence-electron chi connectivity index (χ2n) is 4.16. The molecule has 0 spiro atoms. The van der Waals surface area contributed by atoms with Gasteiger partial charge in [-0.15, -0.1) is 0 Å². The maximum Gasteiger partial charge on any atom is 0.339 e. The first-order valence-electron chi connectivity index (χ1n) is 6.32. The molecule has 1 heterocycles. The molecule has 0 aliphatic carbocycles. The fourth-order valence-corrected chi connectivity index (χ4v) is 1.67. The molecule has 0 saturated heterocycles. The Morgan fingerprint density at radius 2 is 1.64 bits per heavy atom. The van der Waals surface area contributed by atoms with Crippen LogP contribution in [0.1, 0.15) is 10.4 Å². The zero-order valence-electron chi connectivity index (χ0n) is 11.7. The summed E-state index contributed by atoms with van der Waals surface area (Å²) in [6.07, 6.45) is 1.49. The van der Waals surface area contributed by atoms with Gasteiger partial charge in [0.15, 0.2) is 0 Å². The SMILES string of the molecule is COC(=O)c1ccccc1NC(=O)C(=O)Nc1ccccn1. The second kappa shape index (κ2) is 6.98. The fraction of sp³-hybridized carbons (Fsp3) is 0.0667. The van der Waals surface area contributed by atoms with E-state index in [1.54, 1.807) is 30.3 Å². The third kappa shape index (κ3) is 3.66.